The lowest BCUT2D eigenvalue weighted by atomic mass is 10.1. The highest BCUT2D eigenvalue weighted by Gasteiger charge is 2.20. The van der Waals surface area contributed by atoms with Crippen molar-refractivity contribution in [3.8, 4) is 0 Å². The van der Waals surface area contributed by atoms with Crippen LogP contribution in [0.2, 0.25) is 0 Å². The van der Waals surface area contributed by atoms with E-state index in [2.05, 4.69) is 21.7 Å². The highest BCUT2D eigenvalue weighted by atomic mass is 32.1. The summed E-state index contributed by atoms with van der Waals surface area (Å²) in [6.07, 6.45) is 1.04. The SMILES string of the molecule is O=C(NCCN1CCc2ccsc2C1)c1ccccc1[N+](=O)[O-]. The summed E-state index contributed by atoms with van der Waals surface area (Å²) in [6.45, 7) is 3.11. The van der Waals surface area contributed by atoms with E-state index in [4.69, 9.17) is 0 Å². The van der Waals surface area contributed by atoms with Crippen molar-refractivity contribution in [3.05, 3.63) is 61.8 Å². The molecule has 6 nitrogen and oxygen atoms in total. The van der Waals surface area contributed by atoms with Crippen LogP contribution in [0.4, 0.5) is 5.69 Å². The Hall–Kier alpha value is -2.25. The van der Waals surface area contributed by atoms with Gasteiger partial charge in [0.2, 0.25) is 0 Å². The quantitative estimate of drug-likeness (QED) is 0.674. The van der Waals surface area contributed by atoms with Crippen LogP contribution < -0.4 is 5.32 Å². The predicted octanol–water partition coefficient (Wildman–Crippen LogP) is 2.44. The number of amides is 1. The van der Waals surface area contributed by atoms with Gasteiger partial charge in [0.15, 0.2) is 0 Å². The molecule has 1 aromatic heterocycles. The highest BCUT2D eigenvalue weighted by molar-refractivity contribution is 7.10. The zero-order valence-corrected chi connectivity index (χ0v) is 13.3. The topological polar surface area (TPSA) is 75.5 Å². The molecular weight excluding hydrogens is 314 g/mol. The van der Waals surface area contributed by atoms with E-state index in [1.807, 2.05) is 0 Å². The van der Waals surface area contributed by atoms with E-state index in [-0.39, 0.29) is 11.3 Å². The lowest BCUT2D eigenvalue weighted by molar-refractivity contribution is -0.385. The first-order valence-electron chi connectivity index (χ1n) is 7.44. The van der Waals surface area contributed by atoms with Gasteiger partial charge >= 0.3 is 0 Å². The highest BCUT2D eigenvalue weighted by Crippen LogP contribution is 2.23. The Morgan fingerprint density at radius 3 is 3.00 bits per heavy atom. The first-order chi connectivity index (χ1) is 11.1. The Bertz CT molecular complexity index is 729. The third kappa shape index (κ3) is 3.57. The van der Waals surface area contributed by atoms with Crippen LogP contribution in [0.3, 0.4) is 0 Å². The van der Waals surface area contributed by atoms with Crippen LogP contribution in [0, 0.1) is 10.1 Å². The van der Waals surface area contributed by atoms with Crippen LogP contribution in [0.25, 0.3) is 0 Å². The second-order valence-electron chi connectivity index (χ2n) is 5.43. The van der Waals surface area contributed by atoms with Gasteiger partial charge in [-0.1, -0.05) is 12.1 Å². The van der Waals surface area contributed by atoms with Crippen LogP contribution in [0.15, 0.2) is 35.7 Å². The van der Waals surface area contributed by atoms with Gasteiger partial charge < -0.3 is 5.32 Å². The maximum absolute atomic E-state index is 12.1. The van der Waals surface area contributed by atoms with Crippen LogP contribution in [0.5, 0.6) is 0 Å². The Balaban J connectivity index is 1.53. The van der Waals surface area contributed by atoms with E-state index in [9.17, 15) is 14.9 Å². The van der Waals surface area contributed by atoms with Gasteiger partial charge in [0.1, 0.15) is 5.56 Å². The largest absolute Gasteiger partial charge is 0.351 e. The molecule has 120 valence electrons. The number of nitrogens with one attached hydrogen (secondary N) is 1. The molecule has 0 atom stereocenters. The maximum Gasteiger partial charge on any atom is 0.282 e. The standard InChI is InChI=1S/C16H17N3O3S/c20-16(13-3-1-2-4-14(13)19(21)22)17-7-9-18-8-5-12-6-10-23-15(12)11-18/h1-4,6,10H,5,7-9,11H2,(H,17,20). The second-order valence-corrected chi connectivity index (χ2v) is 6.43. The van der Waals surface area contributed by atoms with Crippen molar-refractivity contribution >= 4 is 22.9 Å². The molecule has 0 aliphatic carbocycles. The average Bonchev–Trinajstić information content (AvgIpc) is 3.02. The van der Waals surface area contributed by atoms with Gasteiger partial charge in [-0.3, -0.25) is 19.8 Å². The Labute approximate surface area is 137 Å². The molecule has 2 heterocycles. The summed E-state index contributed by atoms with van der Waals surface area (Å²) >= 11 is 1.77. The van der Waals surface area contributed by atoms with E-state index in [0.29, 0.717) is 6.54 Å². The zero-order valence-electron chi connectivity index (χ0n) is 12.5. The number of thiophene rings is 1. The minimum atomic E-state index is -0.530. The number of carbonyl (C=O) groups excluding carboxylic acids is 1. The Morgan fingerprint density at radius 2 is 2.17 bits per heavy atom. The van der Waals surface area contributed by atoms with Crippen LogP contribution in [0.1, 0.15) is 20.8 Å². The summed E-state index contributed by atoms with van der Waals surface area (Å²) in [4.78, 5) is 26.2. The molecular formula is C16H17N3O3S. The van der Waals surface area contributed by atoms with Crippen LogP contribution >= 0.6 is 11.3 Å². The van der Waals surface area contributed by atoms with Gasteiger partial charge in [-0.15, -0.1) is 11.3 Å². The summed E-state index contributed by atoms with van der Waals surface area (Å²) in [6, 6.07) is 8.18. The van der Waals surface area contributed by atoms with Crippen molar-refractivity contribution in [1.29, 1.82) is 0 Å². The van der Waals surface area contributed by atoms with Crippen molar-refractivity contribution < 1.29 is 9.72 Å². The number of rotatable bonds is 5. The molecule has 0 saturated carbocycles. The normalized spacial score (nSPS) is 14.3. The number of para-hydroxylation sites is 1. The average molecular weight is 331 g/mol. The monoisotopic (exact) mass is 331 g/mol. The summed E-state index contributed by atoms with van der Waals surface area (Å²) < 4.78 is 0. The number of benzene rings is 1. The number of fused-ring (bicyclic) bond motifs is 1. The summed E-state index contributed by atoms with van der Waals surface area (Å²) in [5.41, 5.74) is 1.37. The number of hydrogen-bond donors (Lipinski definition) is 1. The third-order valence-electron chi connectivity index (χ3n) is 3.96. The molecule has 0 saturated heterocycles. The molecule has 1 N–H and O–H groups in total. The second kappa shape index (κ2) is 6.89. The number of nitro benzene ring substituents is 1. The molecule has 0 spiro atoms. The molecule has 1 aliphatic rings. The number of hydrogen-bond acceptors (Lipinski definition) is 5. The third-order valence-corrected chi connectivity index (χ3v) is 4.91. The van der Waals surface area contributed by atoms with Gasteiger partial charge in [0.25, 0.3) is 11.6 Å². The molecule has 2 aromatic rings. The molecule has 0 bridgehead atoms. The minimum Gasteiger partial charge on any atom is -0.351 e. The van der Waals surface area contributed by atoms with Crippen LogP contribution in [-0.2, 0) is 13.0 Å². The van der Waals surface area contributed by atoms with Crippen molar-refractivity contribution in [1.82, 2.24) is 10.2 Å². The van der Waals surface area contributed by atoms with Crippen molar-refractivity contribution in [2.75, 3.05) is 19.6 Å². The minimum absolute atomic E-state index is 0.108. The van der Waals surface area contributed by atoms with Gasteiger partial charge in [-0.05, 0) is 29.5 Å². The number of nitro groups is 1. The first-order valence-corrected chi connectivity index (χ1v) is 8.32. The first kappa shape index (κ1) is 15.6. The molecule has 0 unspecified atom stereocenters. The van der Waals surface area contributed by atoms with Gasteiger partial charge in [-0.2, -0.15) is 0 Å². The van der Waals surface area contributed by atoms with Crippen molar-refractivity contribution in [2.45, 2.75) is 13.0 Å². The van der Waals surface area contributed by atoms with E-state index in [1.54, 1.807) is 23.5 Å². The molecule has 1 aliphatic heterocycles. The van der Waals surface area contributed by atoms with Gasteiger partial charge in [0, 0.05) is 37.1 Å². The number of nitrogens with zero attached hydrogens (tertiary/aromatic N) is 2. The fourth-order valence-corrected chi connectivity index (χ4v) is 3.70. The molecule has 23 heavy (non-hydrogen) atoms. The Morgan fingerprint density at radius 1 is 1.35 bits per heavy atom. The molecule has 7 heteroatoms. The number of carbonyl (C=O) groups is 1. The van der Waals surface area contributed by atoms with Gasteiger partial charge in [0.05, 0.1) is 4.92 Å². The van der Waals surface area contributed by atoms with Crippen molar-refractivity contribution in [3.63, 3.8) is 0 Å². The molecule has 1 amide bonds. The van der Waals surface area contributed by atoms with E-state index in [0.717, 1.165) is 26.1 Å². The smallest absolute Gasteiger partial charge is 0.282 e. The maximum atomic E-state index is 12.1. The lowest BCUT2D eigenvalue weighted by Crippen LogP contribution is -2.37. The van der Waals surface area contributed by atoms with Gasteiger partial charge in [-0.25, -0.2) is 0 Å². The van der Waals surface area contributed by atoms with E-state index in [1.165, 1.54) is 22.6 Å². The van der Waals surface area contributed by atoms with Crippen LogP contribution in [-0.4, -0.2) is 35.4 Å². The van der Waals surface area contributed by atoms with E-state index >= 15 is 0 Å². The molecule has 1 aromatic carbocycles. The Kier molecular flexibility index (Phi) is 4.68. The lowest BCUT2D eigenvalue weighted by Gasteiger charge is -2.26. The van der Waals surface area contributed by atoms with Crippen molar-refractivity contribution in [2.24, 2.45) is 0 Å². The van der Waals surface area contributed by atoms with E-state index < -0.39 is 10.8 Å². The fraction of sp³-hybridized carbons (Fsp3) is 0.312. The fourth-order valence-electron chi connectivity index (χ4n) is 2.73. The molecule has 0 radical (unpaired) electrons. The zero-order chi connectivity index (χ0) is 16.2. The molecule has 0 fully saturated rings. The summed E-state index contributed by atoms with van der Waals surface area (Å²) in [5, 5.41) is 15.9. The molecule has 3 rings (SSSR count). The summed E-state index contributed by atoms with van der Waals surface area (Å²) in [7, 11) is 0. The predicted molar refractivity (Wildman–Crippen MR) is 88.7 cm³/mol. The summed E-state index contributed by atoms with van der Waals surface area (Å²) in [5.74, 6) is -0.397.